The zero-order chi connectivity index (χ0) is 18.0. The van der Waals surface area contributed by atoms with Crippen molar-refractivity contribution in [1.82, 2.24) is 14.9 Å². The molecule has 2 fully saturated rings. The minimum Gasteiger partial charge on any atom is -0.361 e. The molecule has 0 spiro atoms. The number of piperidine rings is 1. The number of carbonyl (C=O) groups excluding carboxylic acids is 1. The predicted molar refractivity (Wildman–Crippen MR) is 93.9 cm³/mol. The monoisotopic (exact) mass is 367 g/mol. The number of benzene rings is 1. The van der Waals surface area contributed by atoms with Crippen molar-refractivity contribution in [2.75, 3.05) is 13.1 Å². The van der Waals surface area contributed by atoms with Gasteiger partial charge in [-0.3, -0.25) is 10.1 Å². The average molecular weight is 367 g/mol. The van der Waals surface area contributed by atoms with E-state index >= 15 is 0 Å². The van der Waals surface area contributed by atoms with Gasteiger partial charge in [0.1, 0.15) is 0 Å². The molecule has 138 valence electrons. The van der Waals surface area contributed by atoms with E-state index in [-0.39, 0.29) is 0 Å². The van der Waals surface area contributed by atoms with Crippen LogP contribution in [0.5, 0.6) is 0 Å². The number of amides is 1. The average Bonchev–Trinajstić information content (AvgIpc) is 2.55. The third kappa shape index (κ3) is 4.03. The number of carbonyl (C=O) groups is 1. The summed E-state index contributed by atoms with van der Waals surface area (Å²) >= 11 is 0. The van der Waals surface area contributed by atoms with Crippen LogP contribution >= 0.6 is 0 Å². The first-order valence-corrected chi connectivity index (χ1v) is 10.2. The Morgan fingerprint density at radius 2 is 1.84 bits per heavy atom. The lowest BCUT2D eigenvalue weighted by Gasteiger charge is -2.38. The molecule has 3 rings (SSSR count). The van der Waals surface area contributed by atoms with Gasteiger partial charge in [0, 0.05) is 19.1 Å². The van der Waals surface area contributed by atoms with Crippen LogP contribution in [-0.4, -0.2) is 54.5 Å². The van der Waals surface area contributed by atoms with Crippen LogP contribution < -0.4 is 10.6 Å². The minimum absolute atomic E-state index is 0.429. The van der Waals surface area contributed by atoms with Crippen molar-refractivity contribution >= 4 is 15.9 Å². The van der Waals surface area contributed by atoms with Gasteiger partial charge in [-0.25, -0.2) is 12.7 Å². The van der Waals surface area contributed by atoms with Gasteiger partial charge in [-0.15, -0.1) is 0 Å². The summed E-state index contributed by atoms with van der Waals surface area (Å²) in [5.74, 6) is -0.198. The highest BCUT2D eigenvalue weighted by atomic mass is 32.2. The van der Waals surface area contributed by atoms with E-state index in [1.165, 1.54) is 9.87 Å². The number of nitrogens with zero attached hydrogens (tertiary/aromatic N) is 1. The number of hydrogen-bond acceptors (Lipinski definition) is 5. The van der Waals surface area contributed by atoms with E-state index < -0.39 is 33.6 Å². The zero-order valence-corrected chi connectivity index (χ0v) is 15.1. The second kappa shape index (κ2) is 7.41. The Morgan fingerprint density at radius 1 is 1.20 bits per heavy atom. The lowest BCUT2D eigenvalue weighted by atomic mass is 9.91. The quantitative estimate of drug-likeness (QED) is 0.697. The molecule has 3 atom stereocenters. The molecule has 25 heavy (non-hydrogen) atoms. The molecule has 0 radical (unpaired) electrons. The van der Waals surface area contributed by atoms with Crippen molar-refractivity contribution in [3.05, 3.63) is 35.9 Å². The summed E-state index contributed by atoms with van der Waals surface area (Å²) in [6.45, 7) is 2.46. The second-order valence-electron chi connectivity index (χ2n) is 6.86. The molecule has 2 aliphatic heterocycles. The van der Waals surface area contributed by atoms with Crippen LogP contribution in [0.25, 0.3) is 0 Å². The van der Waals surface area contributed by atoms with E-state index in [1.807, 2.05) is 18.2 Å². The normalized spacial score (nSPS) is 29.4. The summed E-state index contributed by atoms with van der Waals surface area (Å²) in [7, 11) is -3.76. The van der Waals surface area contributed by atoms with Crippen LogP contribution in [0.15, 0.2) is 30.3 Å². The molecule has 0 saturated carbocycles. The Bertz CT molecular complexity index is 702. The maximum atomic E-state index is 12.9. The number of sulfonamides is 1. The van der Waals surface area contributed by atoms with E-state index in [9.17, 15) is 18.3 Å². The van der Waals surface area contributed by atoms with E-state index in [0.717, 1.165) is 19.3 Å². The molecule has 3 unspecified atom stereocenters. The van der Waals surface area contributed by atoms with Crippen molar-refractivity contribution < 1.29 is 18.3 Å². The molecule has 2 heterocycles. The van der Waals surface area contributed by atoms with Crippen LogP contribution in [0.4, 0.5) is 0 Å². The molecule has 0 aliphatic carbocycles. The third-order valence-corrected chi connectivity index (χ3v) is 7.38. The molecule has 2 saturated heterocycles. The van der Waals surface area contributed by atoms with Crippen molar-refractivity contribution in [2.45, 2.75) is 43.8 Å². The van der Waals surface area contributed by atoms with Gasteiger partial charge in [-0.1, -0.05) is 30.3 Å². The molecule has 1 amide bonds. The number of nitrogens with one attached hydrogen (secondary N) is 2. The van der Waals surface area contributed by atoms with Gasteiger partial charge in [0.25, 0.3) is 0 Å². The highest BCUT2D eigenvalue weighted by Crippen LogP contribution is 2.26. The van der Waals surface area contributed by atoms with Crippen molar-refractivity contribution in [1.29, 1.82) is 0 Å². The SMILES string of the molecule is CC1NC(O)NC(=O)C1S(=O)(=O)N1CCC(Cc2ccccc2)CC1. The fourth-order valence-corrected chi connectivity index (χ4v) is 5.67. The topological polar surface area (TPSA) is 98.7 Å². The van der Waals surface area contributed by atoms with E-state index in [4.69, 9.17) is 0 Å². The number of aliphatic hydroxyl groups excluding tert-OH is 1. The molecule has 0 aromatic heterocycles. The molecule has 3 N–H and O–H groups in total. The maximum absolute atomic E-state index is 12.9. The Balaban J connectivity index is 1.62. The standard InChI is InChI=1S/C17H25N3O4S/c1-12-15(16(21)19-17(22)18-12)25(23,24)20-9-7-14(8-10-20)11-13-5-3-2-4-6-13/h2-6,12,14-15,17-18,22H,7-11H2,1H3,(H,19,21). The molecular weight excluding hydrogens is 342 g/mol. The van der Waals surface area contributed by atoms with Gasteiger partial charge in [0.05, 0.1) is 0 Å². The smallest absolute Gasteiger partial charge is 0.244 e. The molecule has 1 aromatic carbocycles. The fraction of sp³-hybridized carbons (Fsp3) is 0.588. The molecule has 8 heteroatoms. The van der Waals surface area contributed by atoms with E-state index in [0.29, 0.717) is 19.0 Å². The molecule has 2 aliphatic rings. The van der Waals surface area contributed by atoms with E-state index in [2.05, 4.69) is 22.8 Å². The van der Waals surface area contributed by atoms with Gasteiger partial charge in [0.2, 0.25) is 15.9 Å². The summed E-state index contributed by atoms with van der Waals surface area (Å²) < 4.78 is 27.2. The zero-order valence-electron chi connectivity index (χ0n) is 14.3. The molecule has 7 nitrogen and oxygen atoms in total. The Hall–Kier alpha value is -1.48. The van der Waals surface area contributed by atoms with Gasteiger partial charge >= 0.3 is 0 Å². The largest absolute Gasteiger partial charge is 0.361 e. The minimum atomic E-state index is -3.76. The Morgan fingerprint density at radius 3 is 2.44 bits per heavy atom. The highest BCUT2D eigenvalue weighted by Gasteiger charge is 2.45. The van der Waals surface area contributed by atoms with Gasteiger partial charge in [-0.05, 0) is 37.7 Å². The van der Waals surface area contributed by atoms with Crippen molar-refractivity contribution in [3.63, 3.8) is 0 Å². The van der Waals surface area contributed by atoms with Crippen LogP contribution in [0.1, 0.15) is 25.3 Å². The number of rotatable bonds is 4. The van der Waals surface area contributed by atoms with Gasteiger partial charge in [0.15, 0.2) is 11.6 Å². The Labute approximate surface area is 148 Å². The highest BCUT2D eigenvalue weighted by molar-refractivity contribution is 7.90. The van der Waals surface area contributed by atoms with Crippen LogP contribution in [0.2, 0.25) is 0 Å². The first-order valence-electron chi connectivity index (χ1n) is 8.65. The van der Waals surface area contributed by atoms with Crippen LogP contribution in [0.3, 0.4) is 0 Å². The van der Waals surface area contributed by atoms with Gasteiger partial charge in [-0.2, -0.15) is 0 Å². The first-order chi connectivity index (χ1) is 11.9. The molecule has 0 bridgehead atoms. The second-order valence-corrected chi connectivity index (χ2v) is 8.92. The molecular formula is C17H25N3O4S. The molecule has 1 aromatic rings. The third-order valence-electron chi connectivity index (χ3n) is 5.03. The van der Waals surface area contributed by atoms with Crippen LogP contribution in [0, 0.1) is 5.92 Å². The summed E-state index contributed by atoms with van der Waals surface area (Å²) in [5, 5.41) is 13.2. The lowest BCUT2D eigenvalue weighted by molar-refractivity contribution is -0.128. The first kappa shape index (κ1) is 18.3. The van der Waals surface area contributed by atoms with Crippen molar-refractivity contribution in [2.24, 2.45) is 5.92 Å². The predicted octanol–water partition coefficient (Wildman–Crippen LogP) is 0.0233. The summed E-state index contributed by atoms with van der Waals surface area (Å²) in [6, 6.07) is 9.55. The van der Waals surface area contributed by atoms with Crippen molar-refractivity contribution in [3.8, 4) is 0 Å². The Kier molecular flexibility index (Phi) is 5.43. The van der Waals surface area contributed by atoms with Gasteiger partial charge < -0.3 is 10.4 Å². The lowest BCUT2D eigenvalue weighted by Crippen LogP contribution is -2.66. The summed E-state index contributed by atoms with van der Waals surface area (Å²) in [5.41, 5.74) is 1.27. The fourth-order valence-electron chi connectivity index (χ4n) is 3.69. The summed E-state index contributed by atoms with van der Waals surface area (Å²) in [4.78, 5) is 12.1. The number of hydrogen-bond donors (Lipinski definition) is 3. The van der Waals surface area contributed by atoms with Crippen LogP contribution in [-0.2, 0) is 21.2 Å². The summed E-state index contributed by atoms with van der Waals surface area (Å²) in [6.07, 6.45) is 1.31. The maximum Gasteiger partial charge on any atom is 0.244 e. The van der Waals surface area contributed by atoms with E-state index in [1.54, 1.807) is 6.92 Å². The number of aliphatic hydroxyl groups is 1.